The number of aromatic nitrogens is 2. The minimum absolute atomic E-state index is 0.494. The molecule has 4 N–H and O–H groups in total. The zero-order chi connectivity index (χ0) is 19.2. The van der Waals surface area contributed by atoms with E-state index in [1.807, 2.05) is 0 Å². The van der Waals surface area contributed by atoms with Gasteiger partial charge in [0.05, 0.1) is 0 Å². The molecular weight excluding hydrogens is 334 g/mol. The molecule has 0 radical (unpaired) electrons. The Kier molecular flexibility index (Phi) is 5.91. The maximum atomic E-state index is 6.31. The van der Waals surface area contributed by atoms with Gasteiger partial charge in [-0.3, -0.25) is 0 Å². The molecule has 1 heterocycles. The van der Waals surface area contributed by atoms with E-state index in [0.29, 0.717) is 17.3 Å². The summed E-state index contributed by atoms with van der Waals surface area (Å²) < 4.78 is 0. The fourth-order valence-corrected chi connectivity index (χ4v) is 2.87. The smallest absolute Gasteiger partial charge is 0.159 e. The highest BCUT2D eigenvalue weighted by atomic mass is 15.1. The third-order valence-electron chi connectivity index (χ3n) is 4.57. The van der Waals surface area contributed by atoms with Crippen LogP contribution < -0.4 is 16.4 Å². The molecular formula is C22H27N5. The highest BCUT2D eigenvalue weighted by Gasteiger charge is 2.10. The average Bonchev–Trinajstić information content (AvgIpc) is 2.67. The average molecular weight is 361 g/mol. The van der Waals surface area contributed by atoms with E-state index >= 15 is 0 Å². The number of hydrogen-bond donors (Lipinski definition) is 3. The predicted molar refractivity (Wildman–Crippen MR) is 114 cm³/mol. The van der Waals surface area contributed by atoms with Crippen LogP contribution in [0.5, 0.6) is 0 Å². The molecule has 0 bridgehead atoms. The number of benzene rings is 2. The number of hydrogen-bond acceptors (Lipinski definition) is 5. The summed E-state index contributed by atoms with van der Waals surface area (Å²) in [7, 11) is 0. The van der Waals surface area contributed by atoms with Crippen LogP contribution in [0.4, 0.5) is 28.7 Å². The number of nitrogen functional groups attached to an aromatic ring is 1. The van der Waals surface area contributed by atoms with Gasteiger partial charge in [0.15, 0.2) is 11.6 Å². The van der Waals surface area contributed by atoms with E-state index in [1.165, 1.54) is 30.3 Å². The third-order valence-corrected chi connectivity index (χ3v) is 4.57. The van der Waals surface area contributed by atoms with Crippen LogP contribution in [-0.2, 0) is 6.42 Å². The van der Waals surface area contributed by atoms with Crippen LogP contribution in [0, 0.1) is 13.8 Å². The van der Waals surface area contributed by atoms with Gasteiger partial charge >= 0.3 is 0 Å². The van der Waals surface area contributed by atoms with E-state index in [-0.39, 0.29) is 0 Å². The lowest BCUT2D eigenvalue weighted by molar-refractivity contribution is 0.795. The Labute approximate surface area is 161 Å². The summed E-state index contributed by atoms with van der Waals surface area (Å²) in [4.78, 5) is 8.61. The van der Waals surface area contributed by atoms with Crippen molar-refractivity contribution in [3.05, 3.63) is 65.5 Å². The van der Waals surface area contributed by atoms with Crippen molar-refractivity contribution in [2.24, 2.45) is 0 Å². The number of unbranched alkanes of at least 4 members (excludes halogenated alkanes) is 1. The van der Waals surface area contributed by atoms with Gasteiger partial charge in [0.2, 0.25) is 0 Å². The van der Waals surface area contributed by atoms with E-state index in [2.05, 4.69) is 83.8 Å². The Morgan fingerprint density at radius 3 is 2.33 bits per heavy atom. The number of nitrogens with two attached hydrogens (primary N) is 1. The van der Waals surface area contributed by atoms with Crippen molar-refractivity contribution >= 4 is 28.7 Å². The molecule has 0 amide bonds. The van der Waals surface area contributed by atoms with Crippen molar-refractivity contribution in [3.63, 3.8) is 0 Å². The van der Waals surface area contributed by atoms with E-state index in [1.54, 1.807) is 0 Å². The zero-order valence-electron chi connectivity index (χ0n) is 16.2. The summed E-state index contributed by atoms with van der Waals surface area (Å²) in [5.74, 6) is 1.19. The minimum Gasteiger partial charge on any atom is -0.393 e. The molecule has 140 valence electrons. The van der Waals surface area contributed by atoms with E-state index in [9.17, 15) is 0 Å². The third kappa shape index (κ3) is 4.76. The molecule has 0 aliphatic heterocycles. The molecule has 1 aromatic heterocycles. The highest BCUT2D eigenvalue weighted by molar-refractivity contribution is 5.80. The molecule has 0 fully saturated rings. The fraction of sp³-hybridized carbons (Fsp3) is 0.273. The molecule has 0 aliphatic carbocycles. The Bertz CT molecular complexity index is 903. The lowest BCUT2D eigenvalue weighted by Crippen LogP contribution is -2.06. The summed E-state index contributed by atoms with van der Waals surface area (Å²) in [5, 5.41) is 6.62. The van der Waals surface area contributed by atoms with Gasteiger partial charge in [-0.2, -0.15) is 0 Å². The van der Waals surface area contributed by atoms with Crippen LogP contribution in [0.1, 0.15) is 36.5 Å². The van der Waals surface area contributed by atoms with E-state index in [0.717, 1.165) is 23.4 Å². The summed E-state index contributed by atoms with van der Waals surface area (Å²) >= 11 is 0. The molecule has 5 heteroatoms. The molecule has 3 rings (SSSR count). The normalized spacial score (nSPS) is 10.6. The second-order valence-electron chi connectivity index (χ2n) is 6.85. The minimum atomic E-state index is 0.494. The summed E-state index contributed by atoms with van der Waals surface area (Å²) in [5.41, 5.74) is 12.4. The molecule has 27 heavy (non-hydrogen) atoms. The van der Waals surface area contributed by atoms with E-state index < -0.39 is 0 Å². The lowest BCUT2D eigenvalue weighted by Gasteiger charge is -2.14. The van der Waals surface area contributed by atoms with Crippen LogP contribution in [0.15, 0.2) is 48.8 Å². The largest absolute Gasteiger partial charge is 0.393 e. The van der Waals surface area contributed by atoms with Gasteiger partial charge in [0.25, 0.3) is 0 Å². The molecule has 5 nitrogen and oxygen atoms in total. The first-order valence-electron chi connectivity index (χ1n) is 9.37. The zero-order valence-corrected chi connectivity index (χ0v) is 16.2. The van der Waals surface area contributed by atoms with Crippen LogP contribution in [0.2, 0.25) is 0 Å². The van der Waals surface area contributed by atoms with Crippen LogP contribution in [0.25, 0.3) is 0 Å². The van der Waals surface area contributed by atoms with Crippen molar-refractivity contribution in [1.82, 2.24) is 9.97 Å². The Balaban J connectivity index is 1.77. The van der Waals surface area contributed by atoms with E-state index in [4.69, 9.17) is 5.73 Å². The number of nitrogens with one attached hydrogen (secondary N) is 2. The molecule has 3 aromatic rings. The Hall–Kier alpha value is -3.08. The van der Waals surface area contributed by atoms with Gasteiger partial charge in [0.1, 0.15) is 12.0 Å². The fourth-order valence-electron chi connectivity index (χ4n) is 2.87. The summed E-state index contributed by atoms with van der Waals surface area (Å²) in [6, 6.07) is 14.7. The quantitative estimate of drug-likeness (QED) is 0.517. The Morgan fingerprint density at radius 1 is 0.926 bits per heavy atom. The van der Waals surface area contributed by atoms with Crippen LogP contribution in [0.3, 0.4) is 0 Å². The van der Waals surface area contributed by atoms with Gasteiger partial charge in [0, 0.05) is 11.4 Å². The first-order valence-corrected chi connectivity index (χ1v) is 9.37. The number of rotatable bonds is 7. The van der Waals surface area contributed by atoms with Crippen molar-refractivity contribution in [1.29, 1.82) is 0 Å². The molecule has 2 aromatic carbocycles. The summed E-state index contributed by atoms with van der Waals surface area (Å²) in [6.07, 6.45) is 5.03. The number of aryl methyl sites for hydroxylation is 3. The predicted octanol–water partition coefficient (Wildman–Crippen LogP) is 5.51. The van der Waals surface area contributed by atoms with Crippen molar-refractivity contribution in [2.45, 2.75) is 40.0 Å². The maximum Gasteiger partial charge on any atom is 0.159 e. The number of anilines is 5. The second-order valence-corrected chi connectivity index (χ2v) is 6.85. The summed E-state index contributed by atoms with van der Waals surface area (Å²) in [6.45, 7) is 6.32. The molecule has 0 unspecified atom stereocenters. The van der Waals surface area contributed by atoms with Gasteiger partial charge in [-0.15, -0.1) is 0 Å². The molecule has 0 saturated heterocycles. The maximum absolute atomic E-state index is 6.31. The lowest BCUT2D eigenvalue weighted by atomic mass is 10.1. The van der Waals surface area contributed by atoms with Crippen LogP contribution >= 0.6 is 0 Å². The number of nitrogens with zero attached hydrogens (tertiary/aromatic N) is 2. The molecule has 0 spiro atoms. The molecule has 0 atom stereocenters. The first-order chi connectivity index (χ1) is 13.1. The first kappa shape index (κ1) is 18.7. The van der Waals surface area contributed by atoms with Gasteiger partial charge < -0.3 is 16.4 Å². The Morgan fingerprint density at radius 2 is 1.63 bits per heavy atom. The van der Waals surface area contributed by atoms with Gasteiger partial charge in [-0.05, 0) is 61.6 Å². The van der Waals surface area contributed by atoms with Crippen molar-refractivity contribution in [2.75, 3.05) is 16.4 Å². The highest BCUT2D eigenvalue weighted by Crippen LogP contribution is 2.29. The van der Waals surface area contributed by atoms with Gasteiger partial charge in [-0.1, -0.05) is 37.6 Å². The monoisotopic (exact) mass is 361 g/mol. The molecule has 0 saturated carbocycles. The SMILES string of the molecule is CCCCc1ccc(Nc2ncnc(Nc3cc(C)ccc3C)c2N)cc1. The van der Waals surface area contributed by atoms with Crippen molar-refractivity contribution < 1.29 is 0 Å². The van der Waals surface area contributed by atoms with Crippen LogP contribution in [-0.4, -0.2) is 9.97 Å². The topological polar surface area (TPSA) is 75.9 Å². The van der Waals surface area contributed by atoms with Crippen molar-refractivity contribution in [3.8, 4) is 0 Å². The standard InChI is InChI=1S/C22H27N5/c1-4-5-6-17-9-11-18(12-10-17)26-21-20(23)22(25-14-24-21)27-19-13-15(2)7-8-16(19)3/h7-14H,4-6,23H2,1-3H3,(H2,24,25,26,27). The molecule has 0 aliphatic rings. The second kappa shape index (κ2) is 8.54. The van der Waals surface area contributed by atoms with Gasteiger partial charge in [-0.25, -0.2) is 9.97 Å².